The molecule has 11 atom stereocenters. The Morgan fingerprint density at radius 3 is 2.33 bits per heavy atom. The van der Waals surface area contributed by atoms with Gasteiger partial charge in [-0.05, 0) is 13.3 Å². The Balaban J connectivity index is 2.14. The Kier molecular flexibility index (Phi) is 9.99. The van der Waals surface area contributed by atoms with Crippen molar-refractivity contribution < 1.29 is 48.1 Å². The second-order valence-corrected chi connectivity index (χ2v) is 8.56. The first-order valence-corrected chi connectivity index (χ1v) is 10.6. The van der Waals surface area contributed by atoms with E-state index in [-0.39, 0.29) is 19.4 Å². The van der Waals surface area contributed by atoms with Gasteiger partial charge >= 0.3 is 5.92 Å². The quantitative estimate of drug-likeness (QED) is 0.108. The van der Waals surface area contributed by atoms with Gasteiger partial charge < -0.3 is 53.5 Å². The average molecular weight is 488 g/mol. The number of ketones is 1. The van der Waals surface area contributed by atoms with Crippen LogP contribution in [0.1, 0.15) is 19.8 Å². The third-order valence-electron chi connectivity index (χ3n) is 5.67. The van der Waals surface area contributed by atoms with Crippen LogP contribution >= 0.6 is 0 Å². The van der Waals surface area contributed by atoms with Crippen LogP contribution in [0.2, 0.25) is 0 Å². The van der Waals surface area contributed by atoms with Crippen LogP contribution in [0.3, 0.4) is 0 Å². The molecule has 1 aliphatic carbocycles. The number of halogens is 2. The Morgan fingerprint density at radius 1 is 1.18 bits per heavy atom. The first kappa shape index (κ1) is 28.3. The second-order valence-electron chi connectivity index (χ2n) is 8.56. The smallest absolute Gasteiger partial charge is 0.305 e. The lowest BCUT2D eigenvalue weighted by Gasteiger charge is -2.47. The highest BCUT2D eigenvalue weighted by atomic mass is 19.3. The monoisotopic (exact) mass is 487 g/mol. The number of hydrogen-bond donors (Lipinski definition) is 8. The van der Waals surface area contributed by atoms with Gasteiger partial charge in [-0.1, -0.05) is 0 Å². The molecule has 1 saturated carbocycles. The van der Waals surface area contributed by atoms with Crippen LogP contribution in [0.4, 0.5) is 8.78 Å². The second kappa shape index (κ2) is 11.7. The Labute approximate surface area is 189 Å². The molecule has 0 amide bonds. The molecule has 2 aliphatic rings. The van der Waals surface area contributed by atoms with Gasteiger partial charge in [-0.25, -0.2) is 18.6 Å². The van der Waals surface area contributed by atoms with Gasteiger partial charge in [0.25, 0.3) is 0 Å². The van der Waals surface area contributed by atoms with E-state index in [4.69, 9.17) is 47.9 Å². The number of aliphatic hydroxyl groups is 3. The summed E-state index contributed by atoms with van der Waals surface area (Å²) in [5.41, 5.74) is 28.4. The maximum atomic E-state index is 15.3. The van der Waals surface area contributed by atoms with Crippen molar-refractivity contribution in [3.63, 3.8) is 0 Å². The summed E-state index contributed by atoms with van der Waals surface area (Å²) in [5.74, 6) is -4.41. The zero-order chi connectivity index (χ0) is 25.1. The molecule has 11 unspecified atom stereocenters. The highest BCUT2D eigenvalue weighted by Crippen LogP contribution is 2.39. The van der Waals surface area contributed by atoms with Crippen molar-refractivity contribution in [1.82, 2.24) is 0 Å². The third kappa shape index (κ3) is 6.39. The molecule has 1 heterocycles. The number of ether oxygens (including phenoxy) is 2. The number of aliphatic hydroxyl groups excluding tert-OH is 3. The van der Waals surface area contributed by atoms with Crippen molar-refractivity contribution in [1.29, 1.82) is 0 Å². The SMILES string of the molecule is CC(N)CC(=O)C(CN)OOC1C(N)CC(N)C(OC2OC(CO)C(O)C(N)C2O)C1(F)F. The standard InChI is InChI=1S/C18H35F2N5O8/c1-6(22)2-9(27)10(4-21)32-33-16-8(24)3-7(23)15(18(16,19)20)31-17-14(29)12(25)13(28)11(5-26)30-17/h6-8,10-17,26,28-29H,2-5,21-25H2,1H3. The summed E-state index contributed by atoms with van der Waals surface area (Å²) in [6.45, 7) is 0.535. The van der Waals surface area contributed by atoms with Crippen molar-refractivity contribution in [3.05, 3.63) is 0 Å². The normalized spacial score (nSPS) is 40.9. The lowest BCUT2D eigenvalue weighted by Crippen LogP contribution is -2.69. The topological polar surface area (TPSA) is 245 Å². The van der Waals surface area contributed by atoms with Crippen LogP contribution < -0.4 is 28.7 Å². The number of carbonyl (C=O) groups excluding carboxylic acids is 1. The first-order chi connectivity index (χ1) is 15.3. The molecule has 0 spiro atoms. The fraction of sp³-hybridized carbons (Fsp3) is 0.944. The summed E-state index contributed by atoms with van der Waals surface area (Å²) in [4.78, 5) is 21.9. The number of alkyl halides is 2. The lowest BCUT2D eigenvalue weighted by atomic mass is 9.83. The maximum Gasteiger partial charge on any atom is 0.305 e. The van der Waals surface area contributed by atoms with Gasteiger partial charge in [0.15, 0.2) is 24.3 Å². The minimum Gasteiger partial charge on any atom is -0.394 e. The van der Waals surface area contributed by atoms with Gasteiger partial charge in [0, 0.05) is 31.1 Å². The van der Waals surface area contributed by atoms with Crippen LogP contribution in [0.15, 0.2) is 0 Å². The third-order valence-corrected chi connectivity index (χ3v) is 5.67. The van der Waals surface area contributed by atoms with Crippen molar-refractivity contribution in [2.24, 2.45) is 28.7 Å². The lowest BCUT2D eigenvalue weighted by molar-refractivity contribution is -0.401. The van der Waals surface area contributed by atoms with Crippen LogP contribution in [-0.2, 0) is 24.0 Å². The average Bonchev–Trinajstić information content (AvgIpc) is 2.72. The molecule has 0 aromatic heterocycles. The maximum absolute atomic E-state index is 15.3. The van der Waals surface area contributed by atoms with E-state index in [9.17, 15) is 20.1 Å². The molecule has 194 valence electrons. The fourth-order valence-corrected chi connectivity index (χ4v) is 3.79. The molecule has 13 N–H and O–H groups in total. The molecule has 0 aromatic rings. The van der Waals surface area contributed by atoms with Gasteiger partial charge in [-0.15, -0.1) is 0 Å². The molecule has 13 nitrogen and oxygen atoms in total. The summed E-state index contributed by atoms with van der Waals surface area (Å²) in [7, 11) is 0. The van der Waals surface area contributed by atoms with E-state index in [2.05, 4.69) is 0 Å². The van der Waals surface area contributed by atoms with Gasteiger partial charge in [0.05, 0.1) is 12.6 Å². The number of hydrogen-bond acceptors (Lipinski definition) is 13. The van der Waals surface area contributed by atoms with Crippen LogP contribution in [0, 0.1) is 0 Å². The van der Waals surface area contributed by atoms with E-state index < -0.39 is 85.4 Å². The number of carbonyl (C=O) groups is 1. The molecule has 2 rings (SSSR count). The largest absolute Gasteiger partial charge is 0.394 e. The molecule has 33 heavy (non-hydrogen) atoms. The molecule has 15 heteroatoms. The van der Waals surface area contributed by atoms with Crippen LogP contribution in [0.25, 0.3) is 0 Å². The zero-order valence-corrected chi connectivity index (χ0v) is 18.2. The van der Waals surface area contributed by atoms with Gasteiger partial charge in [0.2, 0.25) is 0 Å². The van der Waals surface area contributed by atoms with Gasteiger partial charge in [0.1, 0.15) is 24.4 Å². The van der Waals surface area contributed by atoms with Gasteiger partial charge in [-0.3, -0.25) is 4.79 Å². The molecule has 0 radical (unpaired) electrons. The van der Waals surface area contributed by atoms with E-state index in [1.165, 1.54) is 0 Å². The predicted molar refractivity (Wildman–Crippen MR) is 108 cm³/mol. The van der Waals surface area contributed by atoms with Crippen molar-refractivity contribution in [2.45, 2.75) is 92.8 Å². The zero-order valence-electron chi connectivity index (χ0n) is 18.2. The molecular formula is C18H35F2N5O8. The van der Waals surface area contributed by atoms with Crippen LogP contribution in [-0.4, -0.2) is 107 Å². The minimum absolute atomic E-state index is 0.107. The van der Waals surface area contributed by atoms with Crippen molar-refractivity contribution in [3.8, 4) is 0 Å². The Bertz CT molecular complexity index is 649. The number of Topliss-reactive ketones (excluding diaryl/α,β-unsaturated/α-hetero) is 1. The molecule has 0 bridgehead atoms. The summed E-state index contributed by atoms with van der Waals surface area (Å²) in [6, 6.07) is -4.46. The Hall–Kier alpha value is -0.950. The highest BCUT2D eigenvalue weighted by Gasteiger charge is 2.60. The van der Waals surface area contributed by atoms with E-state index in [0.717, 1.165) is 0 Å². The van der Waals surface area contributed by atoms with Crippen molar-refractivity contribution >= 4 is 5.78 Å². The molecule has 0 aromatic carbocycles. The highest BCUT2D eigenvalue weighted by molar-refractivity contribution is 5.83. The molecule has 2 fully saturated rings. The fourth-order valence-electron chi connectivity index (χ4n) is 3.79. The molecule has 1 saturated heterocycles. The Morgan fingerprint density at radius 2 is 1.79 bits per heavy atom. The van der Waals surface area contributed by atoms with E-state index in [1.807, 2.05) is 0 Å². The summed E-state index contributed by atoms with van der Waals surface area (Å²) in [6.07, 6.45) is -12.0. The van der Waals surface area contributed by atoms with E-state index >= 15 is 8.78 Å². The van der Waals surface area contributed by atoms with E-state index in [0.29, 0.717) is 0 Å². The first-order valence-electron chi connectivity index (χ1n) is 10.6. The van der Waals surface area contributed by atoms with Gasteiger partial charge in [-0.2, -0.15) is 0 Å². The summed E-state index contributed by atoms with van der Waals surface area (Å²) in [5, 5.41) is 29.4. The molecule has 1 aliphatic heterocycles. The van der Waals surface area contributed by atoms with Crippen molar-refractivity contribution in [2.75, 3.05) is 13.2 Å². The predicted octanol–water partition coefficient (Wildman–Crippen LogP) is -4.22. The van der Waals surface area contributed by atoms with E-state index in [1.54, 1.807) is 6.92 Å². The summed E-state index contributed by atoms with van der Waals surface area (Å²) < 4.78 is 41.2. The minimum atomic E-state index is -3.88. The number of rotatable bonds is 10. The van der Waals surface area contributed by atoms with Crippen LogP contribution in [0.5, 0.6) is 0 Å². The molecular weight excluding hydrogens is 452 g/mol. The summed E-state index contributed by atoms with van der Waals surface area (Å²) >= 11 is 0. The number of nitrogens with two attached hydrogens (primary N) is 5.